The molecule has 0 atom stereocenters. The third-order valence-electron chi connectivity index (χ3n) is 3.92. The molecule has 2 aromatic rings. The van der Waals surface area contributed by atoms with Crippen LogP contribution in [0.5, 0.6) is 5.75 Å². The first-order valence-electron chi connectivity index (χ1n) is 6.89. The first-order valence-corrected chi connectivity index (χ1v) is 6.89. The monoisotopic (exact) mass is 318 g/mol. The number of hydrogen-bond donors (Lipinski definition) is 0. The molecule has 0 heterocycles. The van der Waals surface area contributed by atoms with Gasteiger partial charge in [0.15, 0.2) is 0 Å². The minimum atomic E-state index is -4.94. The molecule has 0 N–H and O–H groups in total. The largest absolute Gasteiger partial charge is 1.00 e. The van der Waals surface area contributed by atoms with Crippen LogP contribution in [0, 0.1) is 5.92 Å². The van der Waals surface area contributed by atoms with Crippen molar-refractivity contribution in [2.24, 2.45) is 5.92 Å². The summed E-state index contributed by atoms with van der Waals surface area (Å²) in [6.07, 6.45) is 3.70. The predicted octanol–water partition coefficient (Wildman–Crippen LogP) is 1.08. The molecule has 1 aliphatic carbocycles. The van der Waals surface area contributed by atoms with Gasteiger partial charge >= 0.3 is 58.4 Å². The van der Waals surface area contributed by atoms with Gasteiger partial charge in [-0.05, 0) is 41.7 Å². The molecule has 0 spiro atoms. The van der Waals surface area contributed by atoms with E-state index in [1.54, 1.807) is 18.2 Å². The molecular weight excluding hydrogens is 303 g/mol. The topological polar surface area (TPSA) is 9.23 Å². The number of halogens is 3. The van der Waals surface area contributed by atoms with Crippen molar-refractivity contribution in [3.63, 3.8) is 0 Å². The summed E-state index contributed by atoms with van der Waals surface area (Å²) in [6.45, 7) is -4.24. The Kier molecular flexibility index (Phi) is 5.82. The second-order valence-corrected chi connectivity index (χ2v) is 5.45. The summed E-state index contributed by atoms with van der Waals surface area (Å²) < 4.78 is 43.8. The molecule has 1 saturated carbocycles. The van der Waals surface area contributed by atoms with Crippen molar-refractivity contribution in [2.45, 2.75) is 19.3 Å². The van der Waals surface area contributed by atoms with Gasteiger partial charge in [-0.3, -0.25) is 0 Å². The zero-order valence-electron chi connectivity index (χ0n) is 12.0. The van der Waals surface area contributed by atoms with Crippen molar-refractivity contribution in [3.8, 4) is 5.75 Å². The summed E-state index contributed by atoms with van der Waals surface area (Å²) in [7, 11) is 0. The Morgan fingerprint density at radius 1 is 1.00 bits per heavy atom. The summed E-state index contributed by atoms with van der Waals surface area (Å²) in [5, 5.41) is 1.37. The summed E-state index contributed by atoms with van der Waals surface area (Å²) in [5.41, 5.74) is -0.555. The normalized spacial score (nSPS) is 15.4. The van der Waals surface area contributed by atoms with E-state index in [-0.39, 0.29) is 51.4 Å². The van der Waals surface area contributed by atoms with Gasteiger partial charge in [-0.1, -0.05) is 30.7 Å². The molecule has 2 aromatic carbocycles. The molecule has 0 aliphatic heterocycles. The van der Waals surface area contributed by atoms with Crippen LogP contribution in [0.15, 0.2) is 36.4 Å². The minimum Gasteiger partial charge on any atom is -0.493 e. The van der Waals surface area contributed by atoms with Gasteiger partial charge in [0.25, 0.3) is 0 Å². The van der Waals surface area contributed by atoms with Crippen LogP contribution in [0.2, 0.25) is 0 Å². The van der Waals surface area contributed by atoms with E-state index in [0.717, 1.165) is 17.2 Å². The smallest absolute Gasteiger partial charge is 0.493 e. The van der Waals surface area contributed by atoms with Crippen molar-refractivity contribution in [1.29, 1.82) is 0 Å². The number of benzene rings is 2. The van der Waals surface area contributed by atoms with Gasteiger partial charge in [0.1, 0.15) is 5.75 Å². The Morgan fingerprint density at radius 2 is 1.67 bits per heavy atom. The van der Waals surface area contributed by atoms with Gasteiger partial charge in [-0.15, -0.1) is 5.46 Å². The molecular formula is C15H15BF3KO. The fraction of sp³-hybridized carbons (Fsp3) is 0.333. The first-order chi connectivity index (χ1) is 9.52. The Morgan fingerprint density at radius 3 is 2.29 bits per heavy atom. The summed E-state index contributed by atoms with van der Waals surface area (Å²) in [4.78, 5) is 0. The molecule has 0 bridgehead atoms. The summed E-state index contributed by atoms with van der Waals surface area (Å²) >= 11 is 0. The second-order valence-electron chi connectivity index (χ2n) is 5.45. The number of rotatable bonds is 4. The standard InChI is InChI=1S/C15H15BF3O.K/c17-16(18,19)14-6-4-13-9-15(7-5-12(13)8-14)20-10-11-2-1-3-11;/h4-9,11H,1-3,10H2;/q-1;+1. The maximum atomic E-state index is 12.7. The van der Waals surface area contributed by atoms with Crippen LogP contribution in [0.25, 0.3) is 10.8 Å². The Hall–Kier alpha value is -0.00870. The average molecular weight is 318 g/mol. The molecule has 1 nitrogen and oxygen atoms in total. The number of ether oxygens (including phenoxy) is 1. The Bertz CT molecular complexity index is 626. The van der Waals surface area contributed by atoms with E-state index >= 15 is 0 Å². The molecule has 0 saturated heterocycles. The SMILES string of the molecule is F[B-](F)(F)c1ccc2cc(OCC3CCC3)ccc2c1.[K+]. The molecule has 21 heavy (non-hydrogen) atoms. The third-order valence-corrected chi connectivity index (χ3v) is 3.92. The maximum absolute atomic E-state index is 12.7. The molecule has 3 rings (SSSR count). The van der Waals surface area contributed by atoms with Gasteiger partial charge in [0, 0.05) is 0 Å². The van der Waals surface area contributed by atoms with Gasteiger partial charge in [-0.25, -0.2) is 0 Å². The number of hydrogen-bond acceptors (Lipinski definition) is 1. The van der Waals surface area contributed by atoms with Crippen LogP contribution in [0.1, 0.15) is 19.3 Å². The van der Waals surface area contributed by atoms with Gasteiger partial charge in [0.2, 0.25) is 0 Å². The van der Waals surface area contributed by atoms with Crippen LogP contribution in [-0.2, 0) is 0 Å². The molecule has 106 valence electrons. The van der Waals surface area contributed by atoms with E-state index in [4.69, 9.17) is 4.74 Å². The van der Waals surface area contributed by atoms with Gasteiger partial charge < -0.3 is 17.7 Å². The van der Waals surface area contributed by atoms with Crippen LogP contribution < -0.4 is 61.6 Å². The van der Waals surface area contributed by atoms with Crippen LogP contribution in [0.3, 0.4) is 0 Å². The van der Waals surface area contributed by atoms with E-state index in [2.05, 4.69) is 0 Å². The zero-order valence-corrected chi connectivity index (χ0v) is 15.1. The maximum Gasteiger partial charge on any atom is 1.00 e. The van der Waals surface area contributed by atoms with Crippen molar-refractivity contribution < 1.29 is 69.1 Å². The molecule has 1 fully saturated rings. The van der Waals surface area contributed by atoms with Crippen molar-refractivity contribution in [2.75, 3.05) is 6.61 Å². The van der Waals surface area contributed by atoms with Crippen LogP contribution >= 0.6 is 0 Å². The quantitative estimate of drug-likeness (QED) is 0.767. The Balaban J connectivity index is 0.00000161. The van der Waals surface area contributed by atoms with E-state index in [1.165, 1.54) is 31.4 Å². The van der Waals surface area contributed by atoms with Crippen molar-refractivity contribution >= 4 is 23.2 Å². The van der Waals surface area contributed by atoms with Crippen molar-refractivity contribution in [1.82, 2.24) is 0 Å². The van der Waals surface area contributed by atoms with E-state index in [0.29, 0.717) is 17.9 Å². The molecule has 0 unspecified atom stereocenters. The zero-order chi connectivity index (χ0) is 14.2. The third kappa shape index (κ3) is 4.26. The fourth-order valence-corrected chi connectivity index (χ4v) is 2.41. The Labute approximate surface area is 164 Å². The molecule has 1 aliphatic rings. The van der Waals surface area contributed by atoms with Crippen LogP contribution in [-0.4, -0.2) is 13.6 Å². The van der Waals surface area contributed by atoms with Gasteiger partial charge in [0.05, 0.1) is 6.61 Å². The minimum absolute atomic E-state index is 0. The van der Waals surface area contributed by atoms with Crippen LogP contribution in [0.4, 0.5) is 12.9 Å². The van der Waals surface area contributed by atoms with E-state index < -0.39 is 12.4 Å². The molecule has 6 heteroatoms. The predicted molar refractivity (Wildman–Crippen MR) is 75.5 cm³/mol. The fourth-order valence-electron chi connectivity index (χ4n) is 2.41. The summed E-state index contributed by atoms with van der Waals surface area (Å²) in [6, 6.07) is 9.09. The van der Waals surface area contributed by atoms with Gasteiger partial charge in [-0.2, -0.15) is 0 Å². The second kappa shape index (κ2) is 7.05. The molecule has 0 aromatic heterocycles. The first kappa shape index (κ1) is 17.3. The summed E-state index contributed by atoms with van der Waals surface area (Å²) in [5.74, 6) is 1.37. The molecule has 0 radical (unpaired) electrons. The number of fused-ring (bicyclic) bond motifs is 1. The average Bonchev–Trinajstić information content (AvgIpc) is 2.35. The molecule has 0 amide bonds. The van der Waals surface area contributed by atoms with E-state index in [9.17, 15) is 12.9 Å². The van der Waals surface area contributed by atoms with E-state index in [1.807, 2.05) is 0 Å². The van der Waals surface area contributed by atoms with Crippen molar-refractivity contribution in [3.05, 3.63) is 36.4 Å².